The van der Waals surface area contributed by atoms with Crippen LogP contribution in [-0.4, -0.2) is 31.3 Å². The van der Waals surface area contributed by atoms with Crippen LogP contribution in [0, 0.1) is 5.41 Å². The van der Waals surface area contributed by atoms with Gasteiger partial charge in [-0.1, -0.05) is 0 Å². The first-order valence-electron chi connectivity index (χ1n) is 6.16. The van der Waals surface area contributed by atoms with Crippen LogP contribution < -0.4 is 5.32 Å². The van der Waals surface area contributed by atoms with Crippen molar-refractivity contribution in [3.05, 3.63) is 21.9 Å². The lowest BCUT2D eigenvalue weighted by Gasteiger charge is -2.15. The number of rotatable bonds is 8. The van der Waals surface area contributed by atoms with Crippen molar-refractivity contribution in [2.24, 2.45) is 5.41 Å². The van der Waals surface area contributed by atoms with E-state index < -0.39 is 5.97 Å². The number of ether oxygens (including phenoxy) is 1. The van der Waals surface area contributed by atoms with Crippen molar-refractivity contribution in [1.29, 1.82) is 0 Å². The van der Waals surface area contributed by atoms with Crippen molar-refractivity contribution in [1.82, 2.24) is 5.32 Å². The van der Waals surface area contributed by atoms with E-state index in [2.05, 4.69) is 5.32 Å². The highest BCUT2D eigenvalue weighted by atomic mass is 32.1. The van der Waals surface area contributed by atoms with E-state index in [9.17, 15) is 4.79 Å². The molecule has 1 fully saturated rings. The molecule has 0 saturated heterocycles. The molecule has 0 radical (unpaired) electrons. The summed E-state index contributed by atoms with van der Waals surface area (Å²) in [5.74, 6) is -0.831. The maximum absolute atomic E-state index is 11.0. The first kappa shape index (κ1) is 13.5. The number of methoxy groups -OCH3 is 1. The Hall–Kier alpha value is -0.910. The first-order chi connectivity index (χ1) is 8.67. The second kappa shape index (κ2) is 5.82. The average Bonchev–Trinajstić information content (AvgIpc) is 2.94. The molecule has 18 heavy (non-hydrogen) atoms. The summed E-state index contributed by atoms with van der Waals surface area (Å²) in [5.41, 5.74) is 1.28. The Balaban J connectivity index is 1.78. The molecule has 4 nitrogen and oxygen atoms in total. The summed E-state index contributed by atoms with van der Waals surface area (Å²) in [4.78, 5) is 11.4. The molecule has 0 aliphatic heterocycles. The predicted molar refractivity (Wildman–Crippen MR) is 71.1 cm³/mol. The number of aromatic carboxylic acids is 1. The number of nitrogens with one attached hydrogen (secondary N) is 1. The van der Waals surface area contributed by atoms with Crippen molar-refractivity contribution >= 4 is 17.3 Å². The number of carboxylic acids is 1. The quantitative estimate of drug-likeness (QED) is 0.760. The summed E-state index contributed by atoms with van der Waals surface area (Å²) in [6.45, 7) is 2.39. The van der Waals surface area contributed by atoms with Gasteiger partial charge in [0.25, 0.3) is 0 Å². The Bertz CT molecular complexity index is 412. The van der Waals surface area contributed by atoms with Crippen molar-refractivity contribution in [2.75, 3.05) is 20.3 Å². The van der Waals surface area contributed by atoms with Gasteiger partial charge in [-0.3, -0.25) is 0 Å². The van der Waals surface area contributed by atoms with Gasteiger partial charge in [-0.25, -0.2) is 4.79 Å². The van der Waals surface area contributed by atoms with Crippen molar-refractivity contribution in [2.45, 2.75) is 25.8 Å². The lowest BCUT2D eigenvalue weighted by Crippen LogP contribution is -2.25. The van der Waals surface area contributed by atoms with Crippen LogP contribution in [0.25, 0.3) is 0 Å². The zero-order valence-corrected chi connectivity index (χ0v) is 11.4. The maximum Gasteiger partial charge on any atom is 0.346 e. The highest BCUT2D eigenvalue weighted by Gasteiger charge is 2.41. The van der Waals surface area contributed by atoms with Crippen LogP contribution in [0.2, 0.25) is 0 Å². The fourth-order valence-corrected chi connectivity index (χ4v) is 2.90. The lowest BCUT2D eigenvalue weighted by molar-refractivity contribution is 0.0701. The molecule has 0 amide bonds. The average molecular weight is 269 g/mol. The predicted octanol–water partition coefficient (Wildman–Crippen LogP) is 2.35. The van der Waals surface area contributed by atoms with Gasteiger partial charge < -0.3 is 15.2 Å². The number of carbonyl (C=O) groups is 1. The standard InChI is InChI=1S/C13H19NO3S/c1-17-6-5-13(3-4-13)9-14-8-10-2-7-18-11(10)12(15)16/h2,7,14H,3-6,8-9H2,1H3,(H,15,16). The van der Waals surface area contributed by atoms with Crippen molar-refractivity contribution < 1.29 is 14.6 Å². The molecule has 0 aromatic carbocycles. The Morgan fingerprint density at radius 1 is 1.61 bits per heavy atom. The van der Waals surface area contributed by atoms with Crippen LogP contribution >= 0.6 is 11.3 Å². The van der Waals surface area contributed by atoms with Gasteiger partial charge >= 0.3 is 5.97 Å². The molecule has 1 aliphatic carbocycles. The molecule has 0 spiro atoms. The highest BCUT2D eigenvalue weighted by Crippen LogP contribution is 2.48. The molecular weight excluding hydrogens is 250 g/mol. The summed E-state index contributed by atoms with van der Waals surface area (Å²) in [6.07, 6.45) is 3.59. The summed E-state index contributed by atoms with van der Waals surface area (Å²) in [6, 6.07) is 1.88. The molecular formula is C13H19NO3S. The topological polar surface area (TPSA) is 58.6 Å². The summed E-state index contributed by atoms with van der Waals surface area (Å²) >= 11 is 1.29. The summed E-state index contributed by atoms with van der Waals surface area (Å²) in [7, 11) is 1.73. The Morgan fingerprint density at radius 3 is 3.00 bits per heavy atom. The Kier molecular flexibility index (Phi) is 4.37. The van der Waals surface area contributed by atoms with Crippen molar-refractivity contribution in [3.63, 3.8) is 0 Å². The molecule has 1 heterocycles. The van der Waals surface area contributed by atoms with Gasteiger partial charge in [0.15, 0.2) is 0 Å². The summed E-state index contributed by atoms with van der Waals surface area (Å²) in [5, 5.41) is 14.2. The molecule has 0 bridgehead atoms. The normalized spacial score (nSPS) is 16.7. The van der Waals surface area contributed by atoms with Crippen LogP contribution in [0.5, 0.6) is 0 Å². The van der Waals surface area contributed by atoms with E-state index in [0.29, 0.717) is 16.8 Å². The minimum absolute atomic E-state index is 0.398. The van der Waals surface area contributed by atoms with E-state index in [4.69, 9.17) is 9.84 Å². The number of thiophene rings is 1. The summed E-state index contributed by atoms with van der Waals surface area (Å²) < 4.78 is 5.12. The van der Waals surface area contributed by atoms with E-state index in [1.54, 1.807) is 7.11 Å². The first-order valence-corrected chi connectivity index (χ1v) is 7.04. The molecule has 2 rings (SSSR count). The third-order valence-corrected chi connectivity index (χ3v) is 4.49. The molecule has 1 aliphatic rings. The maximum atomic E-state index is 11.0. The van der Waals surface area contributed by atoms with Gasteiger partial charge in [0.05, 0.1) is 0 Å². The third-order valence-electron chi connectivity index (χ3n) is 3.55. The molecule has 1 saturated carbocycles. The lowest BCUT2D eigenvalue weighted by atomic mass is 10.0. The molecule has 100 valence electrons. The van der Waals surface area contributed by atoms with E-state index in [0.717, 1.165) is 25.1 Å². The Labute approximate surface area is 111 Å². The number of hydrogen-bond donors (Lipinski definition) is 2. The van der Waals surface area contributed by atoms with Crippen LogP contribution in [0.4, 0.5) is 0 Å². The second-order valence-corrected chi connectivity index (χ2v) is 5.84. The van der Waals surface area contributed by atoms with Crippen LogP contribution in [0.3, 0.4) is 0 Å². The van der Waals surface area contributed by atoms with Crippen LogP contribution in [0.1, 0.15) is 34.5 Å². The smallest absolute Gasteiger partial charge is 0.346 e. The number of hydrogen-bond acceptors (Lipinski definition) is 4. The van der Waals surface area contributed by atoms with Gasteiger partial charge in [0.1, 0.15) is 4.88 Å². The molecule has 1 aromatic rings. The van der Waals surface area contributed by atoms with Gasteiger partial charge in [-0.05, 0) is 41.7 Å². The van der Waals surface area contributed by atoms with Crippen molar-refractivity contribution in [3.8, 4) is 0 Å². The van der Waals surface area contributed by atoms with Gasteiger partial charge in [-0.15, -0.1) is 11.3 Å². The zero-order chi connectivity index (χ0) is 13.0. The molecule has 1 aromatic heterocycles. The Morgan fingerprint density at radius 2 is 2.39 bits per heavy atom. The number of carboxylic acid groups (broad SMARTS) is 1. The molecule has 0 unspecified atom stereocenters. The fourth-order valence-electron chi connectivity index (χ4n) is 2.14. The minimum atomic E-state index is -0.831. The van der Waals surface area contributed by atoms with Gasteiger partial charge in [0.2, 0.25) is 0 Å². The van der Waals surface area contributed by atoms with E-state index in [1.165, 1.54) is 24.2 Å². The highest BCUT2D eigenvalue weighted by molar-refractivity contribution is 7.12. The largest absolute Gasteiger partial charge is 0.477 e. The second-order valence-electron chi connectivity index (χ2n) is 4.93. The fraction of sp³-hybridized carbons (Fsp3) is 0.615. The molecule has 0 atom stereocenters. The van der Waals surface area contributed by atoms with Crippen LogP contribution in [-0.2, 0) is 11.3 Å². The zero-order valence-electron chi connectivity index (χ0n) is 10.6. The van der Waals surface area contributed by atoms with Gasteiger partial charge in [-0.2, -0.15) is 0 Å². The van der Waals surface area contributed by atoms with Gasteiger partial charge in [0, 0.05) is 26.8 Å². The molecule has 5 heteroatoms. The molecule has 2 N–H and O–H groups in total. The van der Waals surface area contributed by atoms with E-state index >= 15 is 0 Å². The van der Waals surface area contributed by atoms with E-state index in [-0.39, 0.29) is 0 Å². The SMILES string of the molecule is COCCC1(CNCc2ccsc2C(=O)O)CC1. The third kappa shape index (κ3) is 3.31. The monoisotopic (exact) mass is 269 g/mol. The van der Waals surface area contributed by atoms with Crippen LogP contribution in [0.15, 0.2) is 11.4 Å². The minimum Gasteiger partial charge on any atom is -0.477 e. The van der Waals surface area contributed by atoms with E-state index in [1.807, 2.05) is 11.4 Å².